The molecule has 3 rings (SSSR count). The number of carbonyl (C=O) groups excluding carboxylic acids is 2. The normalized spacial score (nSPS) is 14.0. The summed E-state index contributed by atoms with van der Waals surface area (Å²) in [6.45, 7) is 3.37. The first-order valence-electron chi connectivity index (χ1n) is 10.4. The number of sulfonamides is 1. The van der Waals surface area contributed by atoms with Crippen molar-refractivity contribution >= 4 is 27.5 Å². The first kappa shape index (κ1) is 22.8. The fourth-order valence-electron chi connectivity index (χ4n) is 3.61. The molecule has 166 valence electrons. The number of hydrogen-bond donors (Lipinski definition) is 1. The van der Waals surface area contributed by atoms with Crippen LogP contribution in [0.15, 0.2) is 48.5 Å². The third-order valence-electron chi connectivity index (χ3n) is 5.35. The molecule has 0 aliphatic carbocycles. The minimum Gasteiger partial charge on any atom is -0.350 e. The number of carbonyl (C=O) groups is 2. The van der Waals surface area contributed by atoms with Gasteiger partial charge in [0.05, 0.1) is 11.9 Å². The average molecular weight is 444 g/mol. The van der Waals surface area contributed by atoms with Crippen molar-refractivity contribution in [3.8, 4) is 0 Å². The minimum atomic E-state index is -3.61. The summed E-state index contributed by atoms with van der Waals surface area (Å²) in [4.78, 5) is 26.2. The number of likely N-dealkylation sites (tertiary alicyclic amines) is 1. The van der Waals surface area contributed by atoms with Crippen LogP contribution in [0, 0.1) is 0 Å². The molecule has 0 radical (unpaired) electrons. The number of amides is 2. The molecule has 0 atom stereocenters. The third-order valence-corrected chi connectivity index (χ3v) is 6.49. The summed E-state index contributed by atoms with van der Waals surface area (Å²) < 4.78 is 25.6. The molecule has 7 nitrogen and oxygen atoms in total. The second-order valence-corrected chi connectivity index (χ2v) is 9.71. The fraction of sp³-hybridized carbons (Fsp3) is 0.391. The molecule has 0 bridgehead atoms. The van der Waals surface area contributed by atoms with E-state index < -0.39 is 10.0 Å². The Bertz CT molecular complexity index is 1040. The Morgan fingerprint density at radius 3 is 2.42 bits per heavy atom. The molecule has 1 saturated heterocycles. The van der Waals surface area contributed by atoms with Crippen LogP contribution in [0.5, 0.6) is 0 Å². The Kier molecular flexibility index (Phi) is 7.33. The molecule has 1 fully saturated rings. The molecule has 2 aromatic rings. The standard InChI is InChI=1S/C23H29N3O4S/c1-3-18-9-11-21(12-10-18)26(31(2,29)30)17-22(27)24-15-19-6-4-7-20(14-19)16-25-13-5-8-23(25)28/h4,6-7,9-12,14H,3,5,8,13,15-17H2,1-2H3,(H,24,27). The first-order chi connectivity index (χ1) is 14.8. The molecule has 1 N–H and O–H groups in total. The van der Waals surface area contributed by atoms with Crippen LogP contribution in [0.2, 0.25) is 0 Å². The van der Waals surface area contributed by atoms with Gasteiger partial charge in [0.15, 0.2) is 0 Å². The lowest BCUT2D eigenvalue weighted by Gasteiger charge is -2.22. The summed E-state index contributed by atoms with van der Waals surface area (Å²) in [5, 5.41) is 2.80. The van der Waals surface area contributed by atoms with Gasteiger partial charge < -0.3 is 10.2 Å². The van der Waals surface area contributed by atoms with Gasteiger partial charge in [-0.3, -0.25) is 13.9 Å². The van der Waals surface area contributed by atoms with Crippen molar-refractivity contribution in [2.24, 2.45) is 0 Å². The monoisotopic (exact) mass is 443 g/mol. The molecule has 1 heterocycles. The van der Waals surface area contributed by atoms with Crippen molar-refractivity contribution in [3.05, 3.63) is 65.2 Å². The van der Waals surface area contributed by atoms with E-state index in [4.69, 9.17) is 0 Å². The van der Waals surface area contributed by atoms with Gasteiger partial charge in [0, 0.05) is 26.1 Å². The van der Waals surface area contributed by atoms with Crippen LogP contribution in [0.4, 0.5) is 5.69 Å². The third kappa shape index (κ3) is 6.30. The molecule has 0 spiro atoms. The van der Waals surface area contributed by atoms with E-state index in [1.807, 2.05) is 48.2 Å². The molecule has 0 unspecified atom stereocenters. The van der Waals surface area contributed by atoms with Gasteiger partial charge in [-0.05, 0) is 41.7 Å². The van der Waals surface area contributed by atoms with E-state index in [2.05, 4.69) is 5.32 Å². The molecule has 0 aromatic heterocycles. The lowest BCUT2D eigenvalue weighted by molar-refractivity contribution is -0.128. The van der Waals surface area contributed by atoms with E-state index in [-0.39, 0.29) is 24.9 Å². The molecule has 31 heavy (non-hydrogen) atoms. The van der Waals surface area contributed by atoms with Crippen molar-refractivity contribution < 1.29 is 18.0 Å². The molecule has 2 amide bonds. The Hall–Kier alpha value is -2.87. The quantitative estimate of drug-likeness (QED) is 0.645. The van der Waals surface area contributed by atoms with E-state index in [0.717, 1.165) is 46.6 Å². The number of nitrogens with zero attached hydrogens (tertiary/aromatic N) is 2. The van der Waals surface area contributed by atoms with Crippen LogP contribution in [0.1, 0.15) is 36.5 Å². The molecule has 1 aliphatic heterocycles. The maximum atomic E-state index is 12.5. The van der Waals surface area contributed by atoms with Crippen molar-refractivity contribution in [1.29, 1.82) is 0 Å². The second kappa shape index (κ2) is 9.96. The summed E-state index contributed by atoms with van der Waals surface area (Å²) in [6, 6.07) is 14.9. The van der Waals surface area contributed by atoms with Crippen LogP contribution >= 0.6 is 0 Å². The zero-order chi connectivity index (χ0) is 22.4. The first-order valence-corrected chi connectivity index (χ1v) is 12.3. The van der Waals surface area contributed by atoms with E-state index in [1.165, 1.54) is 0 Å². The predicted molar refractivity (Wildman–Crippen MR) is 121 cm³/mol. The highest BCUT2D eigenvalue weighted by Crippen LogP contribution is 2.19. The highest BCUT2D eigenvalue weighted by atomic mass is 32.2. The molecular weight excluding hydrogens is 414 g/mol. The van der Waals surface area contributed by atoms with E-state index in [0.29, 0.717) is 18.7 Å². The van der Waals surface area contributed by atoms with E-state index >= 15 is 0 Å². The zero-order valence-corrected chi connectivity index (χ0v) is 18.8. The van der Waals surface area contributed by atoms with Gasteiger partial charge in [0.1, 0.15) is 6.54 Å². The number of hydrogen-bond acceptors (Lipinski definition) is 4. The van der Waals surface area contributed by atoms with Crippen LogP contribution < -0.4 is 9.62 Å². The highest BCUT2D eigenvalue weighted by Gasteiger charge is 2.21. The number of benzene rings is 2. The molecule has 8 heteroatoms. The second-order valence-electron chi connectivity index (χ2n) is 7.81. The Morgan fingerprint density at radius 1 is 1.10 bits per heavy atom. The van der Waals surface area contributed by atoms with E-state index in [9.17, 15) is 18.0 Å². The molecule has 1 aliphatic rings. The van der Waals surface area contributed by atoms with Gasteiger partial charge in [0.25, 0.3) is 0 Å². The molecular formula is C23H29N3O4S. The molecule has 0 saturated carbocycles. The predicted octanol–water partition coefficient (Wildman–Crippen LogP) is 2.45. The fourth-order valence-corrected chi connectivity index (χ4v) is 4.47. The van der Waals surface area contributed by atoms with E-state index in [1.54, 1.807) is 12.1 Å². The highest BCUT2D eigenvalue weighted by molar-refractivity contribution is 7.92. The van der Waals surface area contributed by atoms with Crippen molar-refractivity contribution in [2.45, 2.75) is 39.3 Å². The Balaban J connectivity index is 1.61. The number of aryl methyl sites for hydroxylation is 1. The number of nitrogens with one attached hydrogen (secondary N) is 1. The van der Waals surface area contributed by atoms with Gasteiger partial charge in [-0.25, -0.2) is 8.42 Å². The smallest absolute Gasteiger partial charge is 0.241 e. The zero-order valence-electron chi connectivity index (χ0n) is 18.0. The largest absolute Gasteiger partial charge is 0.350 e. The Labute approximate surface area is 184 Å². The topological polar surface area (TPSA) is 86.8 Å². The van der Waals surface area contributed by atoms with Gasteiger partial charge in [-0.15, -0.1) is 0 Å². The molecule has 2 aromatic carbocycles. The SMILES string of the molecule is CCc1ccc(N(CC(=O)NCc2cccc(CN3CCCC3=O)c2)S(C)(=O)=O)cc1. The Morgan fingerprint density at radius 2 is 1.81 bits per heavy atom. The number of anilines is 1. The van der Waals surface area contributed by atoms with Gasteiger partial charge in [-0.2, -0.15) is 0 Å². The van der Waals surface area contributed by atoms with Crippen LogP contribution in [-0.2, 0) is 39.1 Å². The maximum absolute atomic E-state index is 12.5. The summed E-state index contributed by atoms with van der Waals surface area (Å²) in [6.07, 6.45) is 3.45. The van der Waals surface area contributed by atoms with Gasteiger partial charge in [-0.1, -0.05) is 43.3 Å². The number of rotatable bonds is 9. The van der Waals surface area contributed by atoms with Crippen molar-refractivity contribution in [1.82, 2.24) is 10.2 Å². The lowest BCUT2D eigenvalue weighted by Crippen LogP contribution is -2.40. The minimum absolute atomic E-state index is 0.173. The van der Waals surface area contributed by atoms with Crippen LogP contribution in [0.25, 0.3) is 0 Å². The summed E-state index contributed by atoms with van der Waals surface area (Å²) in [5.74, 6) is -0.211. The summed E-state index contributed by atoms with van der Waals surface area (Å²) in [7, 11) is -3.61. The summed E-state index contributed by atoms with van der Waals surface area (Å²) in [5.41, 5.74) is 3.47. The van der Waals surface area contributed by atoms with Crippen molar-refractivity contribution in [2.75, 3.05) is 23.7 Å². The average Bonchev–Trinajstić information content (AvgIpc) is 3.14. The van der Waals surface area contributed by atoms with Crippen LogP contribution in [-0.4, -0.2) is 44.5 Å². The summed E-state index contributed by atoms with van der Waals surface area (Å²) >= 11 is 0. The maximum Gasteiger partial charge on any atom is 0.241 e. The van der Waals surface area contributed by atoms with Crippen molar-refractivity contribution in [3.63, 3.8) is 0 Å². The van der Waals surface area contributed by atoms with Gasteiger partial charge in [0.2, 0.25) is 21.8 Å². The van der Waals surface area contributed by atoms with Gasteiger partial charge >= 0.3 is 0 Å². The van der Waals surface area contributed by atoms with Crippen LogP contribution in [0.3, 0.4) is 0 Å². The lowest BCUT2D eigenvalue weighted by atomic mass is 10.1.